The van der Waals surface area contributed by atoms with Gasteiger partial charge in [0.05, 0.1) is 5.37 Å². The molecule has 3 heteroatoms. The SMILES string of the molecule is Oc1ccccc1CC[C@@H]1NCCS1. The number of phenols is 1. The van der Waals surface area contributed by atoms with E-state index in [1.54, 1.807) is 6.07 Å². The van der Waals surface area contributed by atoms with Gasteiger partial charge in [-0.15, -0.1) is 11.8 Å². The van der Waals surface area contributed by atoms with E-state index in [1.807, 2.05) is 30.0 Å². The van der Waals surface area contributed by atoms with Gasteiger partial charge in [0.1, 0.15) is 5.75 Å². The van der Waals surface area contributed by atoms with Crippen molar-refractivity contribution < 1.29 is 5.11 Å². The van der Waals surface area contributed by atoms with Crippen molar-refractivity contribution >= 4 is 11.8 Å². The van der Waals surface area contributed by atoms with Crippen LogP contribution in [0, 0.1) is 0 Å². The van der Waals surface area contributed by atoms with Gasteiger partial charge in [-0.25, -0.2) is 0 Å². The highest BCUT2D eigenvalue weighted by Crippen LogP contribution is 2.22. The van der Waals surface area contributed by atoms with Crippen LogP contribution in [0.5, 0.6) is 5.75 Å². The number of aryl methyl sites for hydroxylation is 1. The summed E-state index contributed by atoms with van der Waals surface area (Å²) in [5, 5.41) is 13.6. The lowest BCUT2D eigenvalue weighted by atomic mass is 10.1. The molecule has 0 amide bonds. The smallest absolute Gasteiger partial charge is 0.118 e. The Kier molecular flexibility index (Phi) is 3.32. The molecule has 2 nitrogen and oxygen atoms in total. The predicted molar refractivity (Wildman–Crippen MR) is 60.7 cm³/mol. The van der Waals surface area contributed by atoms with Crippen LogP contribution in [0.3, 0.4) is 0 Å². The van der Waals surface area contributed by atoms with Crippen molar-refractivity contribution in [2.75, 3.05) is 12.3 Å². The summed E-state index contributed by atoms with van der Waals surface area (Å²) in [5.74, 6) is 1.64. The topological polar surface area (TPSA) is 32.3 Å². The van der Waals surface area contributed by atoms with E-state index < -0.39 is 0 Å². The zero-order chi connectivity index (χ0) is 9.80. The number of thioether (sulfide) groups is 1. The third kappa shape index (κ3) is 2.42. The van der Waals surface area contributed by atoms with Gasteiger partial charge >= 0.3 is 0 Å². The number of nitrogens with one attached hydrogen (secondary N) is 1. The van der Waals surface area contributed by atoms with Crippen molar-refractivity contribution in [3.8, 4) is 5.75 Å². The van der Waals surface area contributed by atoms with Crippen molar-refractivity contribution in [1.29, 1.82) is 0 Å². The molecule has 2 rings (SSSR count). The lowest BCUT2D eigenvalue weighted by Crippen LogP contribution is -2.19. The highest BCUT2D eigenvalue weighted by Gasteiger charge is 2.14. The van der Waals surface area contributed by atoms with Crippen LogP contribution < -0.4 is 5.32 Å². The van der Waals surface area contributed by atoms with Gasteiger partial charge in [0.25, 0.3) is 0 Å². The summed E-state index contributed by atoms with van der Waals surface area (Å²) in [6.45, 7) is 1.12. The maximum atomic E-state index is 9.56. The second-order valence-electron chi connectivity index (χ2n) is 3.48. The van der Waals surface area contributed by atoms with E-state index in [1.165, 1.54) is 5.75 Å². The molecular formula is C11H15NOS. The Morgan fingerprint density at radius 2 is 2.29 bits per heavy atom. The fraction of sp³-hybridized carbons (Fsp3) is 0.455. The summed E-state index contributed by atoms with van der Waals surface area (Å²) >= 11 is 1.97. The number of aromatic hydroxyl groups is 1. The Bertz CT molecular complexity index is 297. The first-order valence-electron chi connectivity index (χ1n) is 4.98. The first-order chi connectivity index (χ1) is 6.86. The van der Waals surface area contributed by atoms with Crippen LogP contribution in [-0.4, -0.2) is 22.8 Å². The van der Waals surface area contributed by atoms with Crippen molar-refractivity contribution in [3.05, 3.63) is 29.8 Å². The molecule has 1 aliphatic rings. The van der Waals surface area contributed by atoms with Crippen molar-refractivity contribution in [2.45, 2.75) is 18.2 Å². The van der Waals surface area contributed by atoms with Crippen LogP contribution >= 0.6 is 11.8 Å². The van der Waals surface area contributed by atoms with Gasteiger partial charge in [0.15, 0.2) is 0 Å². The van der Waals surface area contributed by atoms with E-state index in [-0.39, 0.29) is 0 Å². The van der Waals surface area contributed by atoms with E-state index in [9.17, 15) is 5.11 Å². The largest absolute Gasteiger partial charge is 0.508 e. The first kappa shape index (κ1) is 9.87. The summed E-state index contributed by atoms with van der Waals surface area (Å²) in [6, 6.07) is 7.59. The van der Waals surface area contributed by atoms with Crippen LogP contribution in [-0.2, 0) is 6.42 Å². The Labute approximate surface area is 88.7 Å². The zero-order valence-corrected chi connectivity index (χ0v) is 8.89. The first-order valence-corrected chi connectivity index (χ1v) is 6.03. The average molecular weight is 209 g/mol. The summed E-state index contributed by atoms with van der Waals surface area (Å²) < 4.78 is 0. The Morgan fingerprint density at radius 3 is 3.00 bits per heavy atom. The van der Waals surface area contributed by atoms with Gasteiger partial charge < -0.3 is 10.4 Å². The van der Waals surface area contributed by atoms with Gasteiger partial charge in [-0.2, -0.15) is 0 Å². The molecule has 2 N–H and O–H groups in total. The summed E-state index contributed by atoms with van der Waals surface area (Å²) in [5.41, 5.74) is 1.06. The molecular weight excluding hydrogens is 194 g/mol. The summed E-state index contributed by atoms with van der Waals surface area (Å²) in [7, 11) is 0. The lowest BCUT2D eigenvalue weighted by Gasteiger charge is -2.09. The van der Waals surface area contributed by atoms with Gasteiger partial charge in [-0.05, 0) is 24.5 Å². The lowest BCUT2D eigenvalue weighted by molar-refractivity contribution is 0.466. The quantitative estimate of drug-likeness (QED) is 0.798. The third-order valence-corrected chi connectivity index (χ3v) is 3.71. The number of para-hydroxylation sites is 1. The van der Waals surface area contributed by atoms with Crippen LogP contribution in [0.15, 0.2) is 24.3 Å². The number of hydrogen-bond acceptors (Lipinski definition) is 3. The molecule has 1 fully saturated rings. The number of hydrogen-bond donors (Lipinski definition) is 2. The second kappa shape index (κ2) is 4.71. The molecule has 0 unspecified atom stereocenters. The van der Waals surface area contributed by atoms with Gasteiger partial charge in [-0.3, -0.25) is 0 Å². The predicted octanol–water partition coefficient (Wildman–Crippen LogP) is 1.99. The summed E-state index contributed by atoms with van der Waals surface area (Å²) in [6.07, 6.45) is 2.06. The molecule has 0 aliphatic carbocycles. The normalized spacial score (nSPS) is 21.3. The molecule has 14 heavy (non-hydrogen) atoms. The Hall–Kier alpha value is -0.670. The van der Waals surface area contributed by atoms with Crippen LogP contribution in [0.25, 0.3) is 0 Å². The molecule has 1 saturated heterocycles. The van der Waals surface area contributed by atoms with E-state index in [0.29, 0.717) is 11.1 Å². The average Bonchev–Trinajstić information content (AvgIpc) is 2.69. The summed E-state index contributed by atoms with van der Waals surface area (Å²) in [4.78, 5) is 0. The van der Waals surface area contributed by atoms with Gasteiger partial charge in [0, 0.05) is 12.3 Å². The fourth-order valence-corrected chi connectivity index (χ4v) is 2.71. The van der Waals surface area contributed by atoms with E-state index in [4.69, 9.17) is 0 Å². The van der Waals surface area contributed by atoms with Crippen molar-refractivity contribution in [3.63, 3.8) is 0 Å². The zero-order valence-electron chi connectivity index (χ0n) is 8.07. The van der Waals surface area contributed by atoms with Crippen LogP contribution in [0.2, 0.25) is 0 Å². The highest BCUT2D eigenvalue weighted by atomic mass is 32.2. The standard InChI is InChI=1S/C11H15NOS/c13-10-4-2-1-3-9(10)5-6-11-12-7-8-14-11/h1-4,11-13H,5-8H2/t11-/m1/s1. The van der Waals surface area contributed by atoms with Crippen LogP contribution in [0.1, 0.15) is 12.0 Å². The fourth-order valence-electron chi connectivity index (χ4n) is 1.67. The molecule has 1 atom stereocenters. The minimum Gasteiger partial charge on any atom is -0.508 e. The number of phenolic OH excluding ortho intramolecular Hbond substituents is 1. The highest BCUT2D eigenvalue weighted by molar-refractivity contribution is 8.00. The minimum atomic E-state index is 0.426. The third-order valence-electron chi connectivity index (χ3n) is 2.46. The molecule has 1 heterocycles. The minimum absolute atomic E-state index is 0.426. The molecule has 0 saturated carbocycles. The molecule has 1 aliphatic heterocycles. The molecule has 0 bridgehead atoms. The van der Waals surface area contributed by atoms with Crippen molar-refractivity contribution in [1.82, 2.24) is 5.32 Å². The van der Waals surface area contributed by atoms with E-state index in [0.717, 1.165) is 24.9 Å². The van der Waals surface area contributed by atoms with Gasteiger partial charge in [-0.1, -0.05) is 18.2 Å². The molecule has 0 aromatic heterocycles. The molecule has 0 spiro atoms. The van der Waals surface area contributed by atoms with E-state index >= 15 is 0 Å². The molecule has 1 aromatic rings. The maximum absolute atomic E-state index is 9.56. The molecule has 1 aromatic carbocycles. The molecule has 76 valence electrons. The Balaban J connectivity index is 1.88. The maximum Gasteiger partial charge on any atom is 0.118 e. The molecule has 0 radical (unpaired) electrons. The monoisotopic (exact) mass is 209 g/mol. The Morgan fingerprint density at radius 1 is 1.43 bits per heavy atom. The van der Waals surface area contributed by atoms with Gasteiger partial charge in [0.2, 0.25) is 0 Å². The second-order valence-corrected chi connectivity index (χ2v) is 4.79. The number of rotatable bonds is 3. The number of benzene rings is 1. The van der Waals surface area contributed by atoms with Crippen LogP contribution in [0.4, 0.5) is 0 Å². The van der Waals surface area contributed by atoms with Crippen molar-refractivity contribution in [2.24, 2.45) is 0 Å². The van der Waals surface area contributed by atoms with E-state index in [2.05, 4.69) is 5.32 Å².